The van der Waals surface area contributed by atoms with Gasteiger partial charge in [0.15, 0.2) is 0 Å². The summed E-state index contributed by atoms with van der Waals surface area (Å²) in [6.45, 7) is 4.98. The molecule has 2 amide bonds. The van der Waals surface area contributed by atoms with E-state index >= 15 is 0 Å². The molecule has 3 N–H and O–H groups in total. The van der Waals surface area contributed by atoms with Crippen molar-refractivity contribution in [3.8, 4) is 5.75 Å². The highest BCUT2D eigenvalue weighted by atomic mass is 32.1. The van der Waals surface area contributed by atoms with Gasteiger partial charge in [0.25, 0.3) is 11.8 Å². The van der Waals surface area contributed by atoms with Gasteiger partial charge in [-0.15, -0.1) is 11.3 Å². The number of methoxy groups -OCH3 is 1. The Balaban J connectivity index is 1.46. The summed E-state index contributed by atoms with van der Waals surface area (Å²) in [4.78, 5) is 32.8. The van der Waals surface area contributed by atoms with Gasteiger partial charge in [-0.2, -0.15) is 0 Å². The van der Waals surface area contributed by atoms with Gasteiger partial charge in [0.05, 0.1) is 25.8 Å². The van der Waals surface area contributed by atoms with E-state index in [1.165, 1.54) is 11.3 Å². The third-order valence-electron chi connectivity index (χ3n) is 6.87. The highest BCUT2D eigenvalue weighted by molar-refractivity contribution is 7.09. The number of rotatable bonds is 13. The number of carbonyl (C=O) groups excluding carboxylic acids is 2. The number of aromatic nitrogens is 1. The molecule has 220 valence electrons. The van der Waals surface area contributed by atoms with E-state index in [1.807, 2.05) is 73.8 Å². The topological polar surface area (TPSA) is 104 Å². The number of carbonyl (C=O) groups is 2. The van der Waals surface area contributed by atoms with Crippen LogP contribution in [0.4, 0.5) is 0 Å². The van der Waals surface area contributed by atoms with E-state index in [9.17, 15) is 14.7 Å². The third kappa shape index (κ3) is 8.72. The minimum absolute atomic E-state index is 0.191. The van der Waals surface area contributed by atoms with Crippen LogP contribution in [0.15, 0.2) is 78.2 Å². The molecular weight excluding hydrogens is 548 g/mol. The van der Waals surface area contributed by atoms with Crippen molar-refractivity contribution in [3.05, 3.63) is 117 Å². The molecule has 0 aliphatic rings. The second-order valence-corrected chi connectivity index (χ2v) is 11.4. The van der Waals surface area contributed by atoms with Gasteiger partial charge in [-0.05, 0) is 67.3 Å². The van der Waals surface area contributed by atoms with Crippen LogP contribution in [0.2, 0.25) is 0 Å². The lowest BCUT2D eigenvalue weighted by Crippen LogP contribution is -2.48. The Labute approximate surface area is 251 Å². The molecule has 4 rings (SSSR count). The van der Waals surface area contributed by atoms with Gasteiger partial charge in [-0.25, -0.2) is 4.98 Å². The van der Waals surface area contributed by atoms with Crippen LogP contribution in [-0.2, 0) is 19.5 Å². The number of benzene rings is 3. The molecule has 1 aromatic heterocycles. The van der Waals surface area contributed by atoms with Crippen molar-refractivity contribution in [2.24, 2.45) is 0 Å². The summed E-state index contributed by atoms with van der Waals surface area (Å²) in [5.74, 6) is 0.228. The summed E-state index contributed by atoms with van der Waals surface area (Å²) >= 11 is 1.51. The first kappa shape index (κ1) is 30.9. The van der Waals surface area contributed by atoms with Crippen molar-refractivity contribution in [1.29, 1.82) is 0 Å². The number of thiazole rings is 1. The highest BCUT2D eigenvalue weighted by Crippen LogP contribution is 2.17. The molecule has 8 nitrogen and oxygen atoms in total. The molecule has 4 aromatic rings. The van der Waals surface area contributed by atoms with E-state index in [2.05, 4.69) is 15.6 Å². The Kier molecular flexibility index (Phi) is 10.8. The molecule has 0 saturated heterocycles. The van der Waals surface area contributed by atoms with E-state index in [4.69, 9.17) is 4.74 Å². The van der Waals surface area contributed by atoms with Crippen molar-refractivity contribution in [3.63, 3.8) is 0 Å². The summed E-state index contributed by atoms with van der Waals surface area (Å²) in [6, 6.07) is 22.1. The van der Waals surface area contributed by atoms with Gasteiger partial charge in [0.1, 0.15) is 10.8 Å². The molecule has 0 unspecified atom stereocenters. The van der Waals surface area contributed by atoms with E-state index in [0.717, 1.165) is 33.1 Å². The first-order valence-electron chi connectivity index (χ1n) is 13.9. The SMILES string of the molecule is COc1cccc(CNC[C@@H](O)[C@H](Cc2ccccc2)NC(=O)c2cc(C)cc(C(=O)N(C)Cc3nc(C)cs3)c2)c1. The van der Waals surface area contributed by atoms with Gasteiger partial charge in [0, 0.05) is 42.3 Å². The monoisotopic (exact) mass is 586 g/mol. The molecule has 2 atom stereocenters. The largest absolute Gasteiger partial charge is 0.497 e. The standard InChI is InChI=1S/C33H38N4O4S/c1-22-13-26(17-27(14-22)33(40)37(3)20-31-35-23(2)21-42-31)32(39)36-29(16-24-9-6-5-7-10-24)30(38)19-34-18-25-11-8-12-28(15-25)41-4/h5-15,17,21,29-30,34,38H,16,18-20H2,1-4H3,(H,36,39)/t29-,30+/m0/s1. The molecule has 0 saturated carbocycles. The first-order valence-corrected chi connectivity index (χ1v) is 14.7. The summed E-state index contributed by atoms with van der Waals surface area (Å²) in [6.07, 6.45) is -0.416. The summed E-state index contributed by atoms with van der Waals surface area (Å²) in [5, 5.41) is 20.3. The molecule has 3 aromatic carbocycles. The molecule has 0 aliphatic heterocycles. The summed E-state index contributed by atoms with van der Waals surface area (Å²) in [7, 11) is 3.35. The van der Waals surface area contributed by atoms with Crippen LogP contribution in [0.25, 0.3) is 0 Å². The van der Waals surface area contributed by atoms with Crippen LogP contribution in [-0.4, -0.2) is 59.7 Å². The van der Waals surface area contributed by atoms with Crippen LogP contribution < -0.4 is 15.4 Å². The van der Waals surface area contributed by atoms with Crippen molar-refractivity contribution >= 4 is 23.2 Å². The Morgan fingerprint density at radius 3 is 2.45 bits per heavy atom. The summed E-state index contributed by atoms with van der Waals surface area (Å²) in [5.41, 5.74) is 4.53. The number of ether oxygens (including phenoxy) is 1. The van der Waals surface area contributed by atoms with E-state index in [0.29, 0.717) is 30.6 Å². The fraction of sp³-hybridized carbons (Fsp3) is 0.303. The summed E-state index contributed by atoms with van der Waals surface area (Å²) < 4.78 is 5.29. The molecule has 0 fully saturated rings. The number of hydrogen-bond donors (Lipinski definition) is 3. The van der Waals surface area contributed by atoms with Crippen molar-refractivity contribution < 1.29 is 19.4 Å². The van der Waals surface area contributed by atoms with Gasteiger partial charge in [-0.1, -0.05) is 42.5 Å². The zero-order valence-electron chi connectivity index (χ0n) is 24.5. The molecule has 0 radical (unpaired) electrons. The van der Waals surface area contributed by atoms with Crippen LogP contribution in [0.5, 0.6) is 5.75 Å². The Morgan fingerprint density at radius 2 is 1.74 bits per heavy atom. The third-order valence-corrected chi connectivity index (χ3v) is 7.82. The second kappa shape index (κ2) is 14.7. The molecule has 9 heteroatoms. The number of aryl methyl sites for hydroxylation is 2. The number of nitrogens with one attached hydrogen (secondary N) is 2. The van der Waals surface area contributed by atoms with Crippen LogP contribution in [0.1, 0.15) is 48.1 Å². The van der Waals surface area contributed by atoms with Gasteiger partial charge >= 0.3 is 0 Å². The molecule has 1 heterocycles. The van der Waals surface area contributed by atoms with E-state index < -0.39 is 12.1 Å². The molecular formula is C33H38N4O4S. The highest BCUT2D eigenvalue weighted by Gasteiger charge is 2.24. The minimum atomic E-state index is -0.862. The number of hydrogen-bond acceptors (Lipinski definition) is 7. The van der Waals surface area contributed by atoms with Crippen molar-refractivity contribution in [1.82, 2.24) is 20.5 Å². The molecule has 0 bridgehead atoms. The average Bonchev–Trinajstić information content (AvgIpc) is 3.40. The maximum Gasteiger partial charge on any atom is 0.254 e. The number of amides is 2. The Morgan fingerprint density at radius 1 is 1.00 bits per heavy atom. The quantitative estimate of drug-likeness (QED) is 0.213. The van der Waals surface area contributed by atoms with Crippen LogP contribution in [0.3, 0.4) is 0 Å². The Bertz CT molecular complexity index is 1490. The lowest BCUT2D eigenvalue weighted by atomic mass is 9.99. The van der Waals surface area contributed by atoms with Gasteiger partial charge in [0.2, 0.25) is 0 Å². The van der Waals surface area contributed by atoms with Crippen LogP contribution in [0, 0.1) is 13.8 Å². The second-order valence-electron chi connectivity index (χ2n) is 10.5. The van der Waals surface area contributed by atoms with Crippen molar-refractivity contribution in [2.75, 3.05) is 20.7 Å². The van der Waals surface area contributed by atoms with E-state index in [1.54, 1.807) is 37.3 Å². The smallest absolute Gasteiger partial charge is 0.254 e. The van der Waals surface area contributed by atoms with Gasteiger partial charge < -0.3 is 25.4 Å². The maximum atomic E-state index is 13.5. The fourth-order valence-electron chi connectivity index (χ4n) is 4.70. The minimum Gasteiger partial charge on any atom is -0.497 e. The van der Waals surface area contributed by atoms with Gasteiger partial charge in [-0.3, -0.25) is 9.59 Å². The predicted molar refractivity (Wildman–Crippen MR) is 166 cm³/mol. The number of aliphatic hydroxyl groups excluding tert-OH is 1. The van der Waals surface area contributed by atoms with Crippen molar-refractivity contribution in [2.45, 2.75) is 45.5 Å². The predicted octanol–water partition coefficient (Wildman–Crippen LogP) is 4.53. The molecule has 42 heavy (non-hydrogen) atoms. The lowest BCUT2D eigenvalue weighted by molar-refractivity contribution is 0.0784. The van der Waals surface area contributed by atoms with E-state index in [-0.39, 0.29) is 18.4 Å². The Hall–Kier alpha value is -4.05. The zero-order chi connectivity index (χ0) is 30.1. The number of aliphatic hydroxyl groups is 1. The lowest BCUT2D eigenvalue weighted by Gasteiger charge is -2.25. The fourth-order valence-corrected chi connectivity index (χ4v) is 5.52. The van der Waals surface area contributed by atoms with Crippen LogP contribution >= 0.6 is 11.3 Å². The first-order chi connectivity index (χ1) is 20.2. The maximum absolute atomic E-state index is 13.5. The molecule has 0 spiro atoms. The molecule has 0 aliphatic carbocycles. The average molecular weight is 587 g/mol. The zero-order valence-corrected chi connectivity index (χ0v) is 25.3. The number of nitrogens with zero attached hydrogens (tertiary/aromatic N) is 2. The normalized spacial score (nSPS) is 12.4.